The number of ether oxygens (including phenoxy) is 2. The molecule has 4 aromatic carbocycles. The second-order valence-corrected chi connectivity index (χ2v) is 10.1. The van der Waals surface area contributed by atoms with Crippen LogP contribution in [0, 0.1) is 6.92 Å². The zero-order valence-corrected chi connectivity index (χ0v) is 23.2. The average Bonchev–Trinajstić information content (AvgIpc) is 2.95. The molecule has 4 amide bonds. The molecule has 0 atom stereocenters. The fraction of sp³-hybridized carbons (Fsp3) is 0.0938. The van der Waals surface area contributed by atoms with Gasteiger partial charge in [-0.1, -0.05) is 76.1 Å². The Bertz CT molecular complexity index is 1580. The topological polar surface area (TPSA) is 84.9 Å². The number of hydrogen-bond donors (Lipinski definition) is 1. The van der Waals surface area contributed by atoms with Gasteiger partial charge in [-0.15, -0.1) is 0 Å². The molecule has 1 aliphatic rings. The Kier molecular flexibility index (Phi) is 8.07. The number of nitrogens with one attached hydrogen (secondary N) is 1. The molecular weight excluding hydrogens is 572 g/mol. The summed E-state index contributed by atoms with van der Waals surface area (Å²) in [5, 5.41) is 2.26. The van der Waals surface area contributed by atoms with Gasteiger partial charge in [-0.25, -0.2) is 9.69 Å². The minimum Gasteiger partial charge on any atom is -0.489 e. The number of barbiturate groups is 1. The average molecular weight is 597 g/mol. The van der Waals surface area contributed by atoms with Gasteiger partial charge in [0.05, 0.1) is 5.69 Å². The molecule has 0 unspecified atom stereocenters. The number of carbonyl (C=O) groups excluding carboxylic acids is 3. The molecule has 1 N–H and O–H groups in total. The number of hydrogen-bond acceptors (Lipinski definition) is 5. The standard InChI is InChI=1S/C32H25BrN2O5/c1-21-7-9-23(10-8-21)19-39-27-14-12-26(13-15-27)35-31(37)28(30(36)34-32(35)38)18-24-17-25(33)11-16-29(24)40-20-22-5-3-2-4-6-22/h2-18H,19-20H2,1H3,(H,34,36,38)/b28-18+. The number of rotatable bonds is 8. The molecule has 8 heteroatoms. The van der Waals surface area contributed by atoms with E-state index in [1.807, 2.05) is 67.6 Å². The van der Waals surface area contributed by atoms with E-state index in [9.17, 15) is 14.4 Å². The minimum absolute atomic E-state index is 0.193. The van der Waals surface area contributed by atoms with Crippen molar-refractivity contribution in [1.29, 1.82) is 0 Å². The molecule has 0 aliphatic carbocycles. The predicted molar refractivity (Wildman–Crippen MR) is 156 cm³/mol. The van der Waals surface area contributed by atoms with Crippen LogP contribution in [-0.4, -0.2) is 17.8 Å². The summed E-state index contributed by atoms with van der Waals surface area (Å²) in [6.45, 7) is 2.71. The van der Waals surface area contributed by atoms with Crippen molar-refractivity contribution in [3.63, 3.8) is 0 Å². The van der Waals surface area contributed by atoms with E-state index in [0.29, 0.717) is 36.0 Å². The van der Waals surface area contributed by atoms with Crippen molar-refractivity contribution < 1.29 is 23.9 Å². The molecule has 0 bridgehead atoms. The number of halogens is 1. The Morgan fingerprint density at radius 3 is 2.20 bits per heavy atom. The highest BCUT2D eigenvalue weighted by atomic mass is 79.9. The fourth-order valence-corrected chi connectivity index (χ4v) is 4.47. The van der Waals surface area contributed by atoms with Gasteiger partial charge in [0.1, 0.15) is 30.3 Å². The second kappa shape index (κ2) is 12.0. The molecule has 5 rings (SSSR count). The molecule has 1 saturated heterocycles. The van der Waals surface area contributed by atoms with E-state index in [4.69, 9.17) is 9.47 Å². The third kappa shape index (κ3) is 6.30. The van der Waals surface area contributed by atoms with Crippen molar-refractivity contribution >= 4 is 45.5 Å². The van der Waals surface area contributed by atoms with Crippen LogP contribution >= 0.6 is 15.9 Å². The largest absolute Gasteiger partial charge is 0.489 e. The quantitative estimate of drug-likeness (QED) is 0.183. The summed E-state index contributed by atoms with van der Waals surface area (Å²) in [5.74, 6) is -0.455. The molecule has 200 valence electrons. The molecule has 4 aromatic rings. The molecule has 1 heterocycles. The van der Waals surface area contributed by atoms with Gasteiger partial charge in [-0.05, 0) is 66.6 Å². The van der Waals surface area contributed by atoms with E-state index in [0.717, 1.165) is 20.5 Å². The third-order valence-electron chi connectivity index (χ3n) is 6.23. The Labute approximate surface area is 240 Å². The highest BCUT2D eigenvalue weighted by Crippen LogP contribution is 2.29. The third-order valence-corrected chi connectivity index (χ3v) is 6.72. The number of carbonyl (C=O) groups is 3. The van der Waals surface area contributed by atoms with E-state index in [-0.39, 0.29) is 5.57 Å². The SMILES string of the molecule is Cc1ccc(COc2ccc(N3C(=O)NC(=O)/C(=C\c4cc(Br)ccc4OCc4ccccc4)C3=O)cc2)cc1. The highest BCUT2D eigenvalue weighted by molar-refractivity contribution is 9.10. The Morgan fingerprint density at radius 2 is 1.48 bits per heavy atom. The zero-order chi connectivity index (χ0) is 28.1. The van der Waals surface area contributed by atoms with Crippen LogP contribution in [0.4, 0.5) is 10.5 Å². The molecule has 1 aliphatic heterocycles. The molecule has 0 aromatic heterocycles. The molecule has 0 radical (unpaired) electrons. The van der Waals surface area contributed by atoms with Crippen LogP contribution in [-0.2, 0) is 22.8 Å². The van der Waals surface area contributed by atoms with Crippen LogP contribution in [0.5, 0.6) is 11.5 Å². The van der Waals surface area contributed by atoms with E-state index in [1.165, 1.54) is 11.6 Å². The van der Waals surface area contributed by atoms with E-state index in [2.05, 4.69) is 21.2 Å². The summed E-state index contributed by atoms with van der Waals surface area (Å²) in [5.41, 5.74) is 3.78. The van der Waals surface area contributed by atoms with Crippen molar-refractivity contribution in [2.75, 3.05) is 4.90 Å². The normalized spacial score (nSPS) is 14.3. The molecule has 40 heavy (non-hydrogen) atoms. The maximum Gasteiger partial charge on any atom is 0.335 e. The number of benzene rings is 4. The van der Waals surface area contributed by atoms with Crippen molar-refractivity contribution in [3.05, 3.63) is 129 Å². The number of amides is 4. The second-order valence-electron chi connectivity index (χ2n) is 9.18. The number of anilines is 1. The summed E-state index contributed by atoms with van der Waals surface area (Å²) in [4.78, 5) is 39.8. The van der Waals surface area contributed by atoms with Gasteiger partial charge in [-0.2, -0.15) is 0 Å². The van der Waals surface area contributed by atoms with Crippen LogP contribution < -0.4 is 19.7 Å². The van der Waals surface area contributed by atoms with Crippen molar-refractivity contribution in [2.24, 2.45) is 0 Å². The predicted octanol–water partition coefficient (Wildman–Crippen LogP) is 6.58. The maximum absolute atomic E-state index is 13.4. The van der Waals surface area contributed by atoms with Crippen LogP contribution in [0.2, 0.25) is 0 Å². The first-order valence-electron chi connectivity index (χ1n) is 12.5. The van der Waals surface area contributed by atoms with Gasteiger partial charge in [0.15, 0.2) is 0 Å². The van der Waals surface area contributed by atoms with Gasteiger partial charge >= 0.3 is 6.03 Å². The smallest absolute Gasteiger partial charge is 0.335 e. The summed E-state index contributed by atoms with van der Waals surface area (Å²) in [6, 6.07) is 28.7. The molecular formula is C32H25BrN2O5. The van der Waals surface area contributed by atoms with Crippen molar-refractivity contribution in [1.82, 2.24) is 5.32 Å². The van der Waals surface area contributed by atoms with Crippen LogP contribution in [0.3, 0.4) is 0 Å². The Hall–Kier alpha value is -4.69. The summed E-state index contributed by atoms with van der Waals surface area (Å²) in [7, 11) is 0. The van der Waals surface area contributed by atoms with Crippen LogP contribution in [0.25, 0.3) is 6.08 Å². The van der Waals surface area contributed by atoms with Gasteiger partial charge in [0.25, 0.3) is 11.8 Å². The van der Waals surface area contributed by atoms with Gasteiger partial charge in [0.2, 0.25) is 0 Å². The first-order chi connectivity index (χ1) is 19.4. The van der Waals surface area contributed by atoms with Gasteiger partial charge in [0, 0.05) is 10.0 Å². The lowest BCUT2D eigenvalue weighted by atomic mass is 10.1. The number of urea groups is 1. The highest BCUT2D eigenvalue weighted by Gasteiger charge is 2.37. The van der Waals surface area contributed by atoms with Gasteiger partial charge in [-0.3, -0.25) is 14.9 Å². The fourth-order valence-electron chi connectivity index (χ4n) is 4.09. The van der Waals surface area contributed by atoms with Crippen LogP contribution in [0.15, 0.2) is 107 Å². The zero-order valence-electron chi connectivity index (χ0n) is 21.6. The minimum atomic E-state index is -0.824. The van der Waals surface area contributed by atoms with Crippen molar-refractivity contribution in [2.45, 2.75) is 20.1 Å². The maximum atomic E-state index is 13.4. The van der Waals surface area contributed by atoms with Gasteiger partial charge < -0.3 is 9.47 Å². The van der Waals surface area contributed by atoms with E-state index >= 15 is 0 Å². The van der Waals surface area contributed by atoms with Crippen LogP contribution in [0.1, 0.15) is 22.3 Å². The lowest BCUT2D eigenvalue weighted by molar-refractivity contribution is -0.122. The van der Waals surface area contributed by atoms with E-state index in [1.54, 1.807) is 36.4 Å². The first kappa shape index (κ1) is 26.9. The van der Waals surface area contributed by atoms with E-state index < -0.39 is 17.8 Å². The number of aryl methyl sites for hydroxylation is 1. The lowest BCUT2D eigenvalue weighted by Crippen LogP contribution is -2.54. The monoisotopic (exact) mass is 596 g/mol. The molecule has 1 fully saturated rings. The Morgan fingerprint density at radius 1 is 0.800 bits per heavy atom. The Balaban J connectivity index is 1.35. The number of nitrogens with zero attached hydrogens (tertiary/aromatic N) is 1. The summed E-state index contributed by atoms with van der Waals surface area (Å²) in [6.07, 6.45) is 1.43. The number of imide groups is 2. The molecule has 0 saturated carbocycles. The summed E-state index contributed by atoms with van der Waals surface area (Å²) < 4.78 is 12.6. The summed E-state index contributed by atoms with van der Waals surface area (Å²) >= 11 is 3.44. The molecule has 7 nitrogen and oxygen atoms in total. The first-order valence-corrected chi connectivity index (χ1v) is 13.3. The van der Waals surface area contributed by atoms with Crippen molar-refractivity contribution in [3.8, 4) is 11.5 Å². The molecule has 0 spiro atoms. The lowest BCUT2D eigenvalue weighted by Gasteiger charge is -2.26.